The molecule has 4 rings (SSSR count). The van der Waals surface area contributed by atoms with E-state index in [1.807, 2.05) is 46.1 Å². The first-order chi connectivity index (χ1) is 12.6. The first-order valence-corrected chi connectivity index (χ1v) is 7.64. The van der Waals surface area contributed by atoms with Crippen molar-refractivity contribution in [2.24, 2.45) is 0 Å². The first-order valence-electron chi connectivity index (χ1n) is 7.64. The molecule has 3 N–H and O–H groups in total. The number of hydrogen-bond donors (Lipinski definition) is 3. The molecule has 0 aliphatic heterocycles. The molecule has 0 aliphatic rings. The molecule has 3 heterocycles. The van der Waals surface area contributed by atoms with E-state index in [-0.39, 0.29) is 11.5 Å². The molecular weight excluding hydrogens is 336 g/mol. The molecule has 0 atom stereocenters. The molecular formula is C17H12N6O3. The molecule has 0 radical (unpaired) electrons. The van der Waals surface area contributed by atoms with Crippen LogP contribution in [0.5, 0.6) is 0 Å². The van der Waals surface area contributed by atoms with Gasteiger partial charge in [0.2, 0.25) is 0 Å². The maximum atomic E-state index is 12.2. The van der Waals surface area contributed by atoms with Crippen molar-refractivity contribution in [1.29, 1.82) is 0 Å². The average molecular weight is 348 g/mol. The van der Waals surface area contributed by atoms with Crippen LogP contribution < -0.4 is 16.6 Å². The predicted molar refractivity (Wildman–Crippen MR) is 94.5 cm³/mol. The van der Waals surface area contributed by atoms with Crippen LogP contribution in [0, 0.1) is 0 Å². The number of aromatic nitrogens is 5. The predicted octanol–water partition coefficient (Wildman–Crippen LogP) is 1.05. The number of carbonyl (C=O) groups is 1. The van der Waals surface area contributed by atoms with Gasteiger partial charge in [-0.3, -0.25) is 14.6 Å². The van der Waals surface area contributed by atoms with Gasteiger partial charge in [-0.05, 0) is 17.5 Å². The Bertz CT molecular complexity index is 1210. The number of rotatable bonds is 3. The van der Waals surface area contributed by atoms with Gasteiger partial charge in [0.25, 0.3) is 11.5 Å². The highest BCUT2D eigenvalue weighted by Crippen LogP contribution is 2.19. The molecule has 0 aliphatic carbocycles. The molecule has 26 heavy (non-hydrogen) atoms. The monoisotopic (exact) mass is 348 g/mol. The molecule has 1 amide bonds. The zero-order chi connectivity index (χ0) is 18.1. The fourth-order valence-corrected chi connectivity index (χ4v) is 2.60. The Labute approximate surface area is 145 Å². The van der Waals surface area contributed by atoms with E-state index in [2.05, 4.69) is 20.3 Å². The van der Waals surface area contributed by atoms with Gasteiger partial charge in [-0.25, -0.2) is 14.8 Å². The Morgan fingerprint density at radius 1 is 1.04 bits per heavy atom. The van der Waals surface area contributed by atoms with E-state index in [0.717, 1.165) is 17.0 Å². The highest BCUT2D eigenvalue weighted by atomic mass is 16.2. The number of carbonyl (C=O) groups excluding carboxylic acids is 1. The Balaban J connectivity index is 1.67. The molecule has 0 fully saturated rings. The van der Waals surface area contributed by atoms with E-state index in [1.54, 1.807) is 6.07 Å². The number of aromatic amines is 2. The summed E-state index contributed by atoms with van der Waals surface area (Å²) < 4.78 is 1.86. The Kier molecular flexibility index (Phi) is 3.66. The largest absolute Gasteiger partial charge is 0.326 e. The normalized spacial score (nSPS) is 10.8. The van der Waals surface area contributed by atoms with Crippen LogP contribution in [0.4, 0.5) is 5.82 Å². The van der Waals surface area contributed by atoms with Crippen molar-refractivity contribution in [1.82, 2.24) is 24.5 Å². The minimum atomic E-state index is -0.759. The molecule has 4 aromatic rings. The van der Waals surface area contributed by atoms with E-state index in [4.69, 9.17) is 0 Å². The number of nitrogens with zero attached hydrogens (tertiary/aromatic N) is 3. The summed E-state index contributed by atoms with van der Waals surface area (Å²) in [5.74, 6) is 0.144. The third-order valence-corrected chi connectivity index (χ3v) is 3.75. The first kappa shape index (κ1) is 15.5. The summed E-state index contributed by atoms with van der Waals surface area (Å²) in [6.45, 7) is 0. The van der Waals surface area contributed by atoms with Crippen LogP contribution in [-0.2, 0) is 0 Å². The van der Waals surface area contributed by atoms with E-state index in [1.165, 1.54) is 6.33 Å². The van der Waals surface area contributed by atoms with Crippen molar-refractivity contribution in [2.75, 3.05) is 5.32 Å². The molecule has 0 unspecified atom stereocenters. The molecule has 0 saturated heterocycles. The summed E-state index contributed by atoms with van der Waals surface area (Å²) in [6, 6.07) is 12.4. The zero-order valence-corrected chi connectivity index (χ0v) is 13.3. The minimum absolute atomic E-state index is 0.162. The lowest BCUT2D eigenvalue weighted by atomic mass is 10.2. The van der Waals surface area contributed by atoms with Crippen molar-refractivity contribution in [3.8, 4) is 5.82 Å². The molecule has 0 saturated carbocycles. The van der Waals surface area contributed by atoms with E-state index in [9.17, 15) is 14.4 Å². The third kappa shape index (κ3) is 2.88. The maximum absolute atomic E-state index is 12.2. The standard InChI is InChI=1S/C17H12N6O3/c24-15-7-11(20-17(26)22-15)16(25)21-13-8-14(19-9-18-13)23-6-5-10-3-1-2-4-12(10)23/h1-9H,(H,18,19,21,25)(H2,20,22,24,26). The minimum Gasteiger partial charge on any atom is -0.305 e. The summed E-state index contributed by atoms with van der Waals surface area (Å²) in [5, 5.41) is 3.59. The lowest BCUT2D eigenvalue weighted by Gasteiger charge is -2.07. The Morgan fingerprint density at radius 2 is 1.88 bits per heavy atom. The van der Waals surface area contributed by atoms with Crippen molar-refractivity contribution in [3.05, 3.63) is 81.5 Å². The molecule has 3 aromatic heterocycles. The zero-order valence-electron chi connectivity index (χ0n) is 13.3. The van der Waals surface area contributed by atoms with Crippen molar-refractivity contribution in [2.45, 2.75) is 0 Å². The van der Waals surface area contributed by atoms with Gasteiger partial charge in [0, 0.05) is 18.3 Å². The van der Waals surface area contributed by atoms with Crippen LogP contribution in [0.3, 0.4) is 0 Å². The number of nitrogens with one attached hydrogen (secondary N) is 3. The number of benzene rings is 1. The summed E-state index contributed by atoms with van der Waals surface area (Å²) >= 11 is 0. The SMILES string of the molecule is O=C(Nc1cc(-n2ccc3ccccc32)ncn1)c1cc(=O)[nH]c(=O)[nH]1. The van der Waals surface area contributed by atoms with Crippen molar-refractivity contribution in [3.63, 3.8) is 0 Å². The van der Waals surface area contributed by atoms with Gasteiger partial charge in [0.1, 0.15) is 23.7 Å². The van der Waals surface area contributed by atoms with E-state index >= 15 is 0 Å². The van der Waals surface area contributed by atoms with Gasteiger partial charge in [0.05, 0.1) is 5.52 Å². The van der Waals surface area contributed by atoms with Gasteiger partial charge >= 0.3 is 5.69 Å². The fraction of sp³-hybridized carbons (Fsp3) is 0. The number of amides is 1. The van der Waals surface area contributed by atoms with E-state index < -0.39 is 17.2 Å². The van der Waals surface area contributed by atoms with Crippen LogP contribution in [-0.4, -0.2) is 30.4 Å². The van der Waals surface area contributed by atoms with Crippen LogP contribution in [0.1, 0.15) is 10.5 Å². The van der Waals surface area contributed by atoms with Gasteiger partial charge in [-0.15, -0.1) is 0 Å². The van der Waals surface area contributed by atoms with Crippen LogP contribution in [0.2, 0.25) is 0 Å². The second-order valence-corrected chi connectivity index (χ2v) is 5.46. The number of anilines is 1. The molecule has 9 heteroatoms. The fourth-order valence-electron chi connectivity index (χ4n) is 2.60. The van der Waals surface area contributed by atoms with Crippen molar-refractivity contribution < 1.29 is 4.79 Å². The summed E-state index contributed by atoms with van der Waals surface area (Å²) in [7, 11) is 0. The molecule has 0 bridgehead atoms. The smallest absolute Gasteiger partial charge is 0.305 e. The number of H-pyrrole nitrogens is 2. The maximum Gasteiger partial charge on any atom is 0.326 e. The van der Waals surface area contributed by atoms with Gasteiger partial charge in [-0.1, -0.05) is 18.2 Å². The lowest BCUT2D eigenvalue weighted by Crippen LogP contribution is -2.27. The quantitative estimate of drug-likeness (QED) is 0.510. The Hall–Kier alpha value is -4.01. The van der Waals surface area contributed by atoms with Crippen LogP contribution in [0.15, 0.2) is 64.6 Å². The molecule has 0 spiro atoms. The Morgan fingerprint density at radius 3 is 2.73 bits per heavy atom. The highest BCUT2D eigenvalue weighted by Gasteiger charge is 2.11. The highest BCUT2D eigenvalue weighted by molar-refractivity contribution is 6.02. The van der Waals surface area contributed by atoms with Gasteiger partial charge in [-0.2, -0.15) is 0 Å². The number of para-hydroxylation sites is 1. The van der Waals surface area contributed by atoms with Gasteiger partial charge < -0.3 is 14.9 Å². The molecule has 128 valence electrons. The topological polar surface area (TPSA) is 126 Å². The third-order valence-electron chi connectivity index (χ3n) is 3.75. The van der Waals surface area contributed by atoms with Crippen molar-refractivity contribution >= 4 is 22.6 Å². The summed E-state index contributed by atoms with van der Waals surface area (Å²) in [5.41, 5.74) is -0.626. The van der Waals surface area contributed by atoms with E-state index in [0.29, 0.717) is 5.82 Å². The van der Waals surface area contributed by atoms with Gasteiger partial charge in [0.15, 0.2) is 0 Å². The number of hydrogen-bond acceptors (Lipinski definition) is 5. The summed E-state index contributed by atoms with van der Waals surface area (Å²) in [6.07, 6.45) is 3.19. The number of fused-ring (bicyclic) bond motifs is 1. The molecule has 9 nitrogen and oxygen atoms in total. The molecule has 1 aromatic carbocycles. The van der Waals surface area contributed by atoms with Crippen LogP contribution >= 0.6 is 0 Å². The lowest BCUT2D eigenvalue weighted by molar-refractivity contribution is 0.102. The second kappa shape index (κ2) is 6.13. The second-order valence-electron chi connectivity index (χ2n) is 5.46. The average Bonchev–Trinajstić information content (AvgIpc) is 3.05. The van der Waals surface area contributed by atoms with Crippen LogP contribution in [0.25, 0.3) is 16.7 Å². The summed E-state index contributed by atoms with van der Waals surface area (Å²) in [4.78, 5) is 47.3.